The largest absolute Gasteiger partial charge is 0.335 e. The Bertz CT molecular complexity index is 466. The van der Waals surface area contributed by atoms with Crippen LogP contribution in [0.5, 0.6) is 0 Å². The van der Waals surface area contributed by atoms with E-state index in [0.29, 0.717) is 25.6 Å². The molecule has 1 aromatic heterocycles. The standard InChI is InChI=1S/C10H14N4O3/c1-7(2)6-12-3-4-13-9(10(12)15)8(5-11-13)14(16)17/h5,7H,3-4,6H2,1-2H3. The fourth-order valence-corrected chi connectivity index (χ4v) is 1.98. The molecule has 7 heteroatoms. The number of amides is 1. The van der Waals surface area contributed by atoms with Gasteiger partial charge >= 0.3 is 5.69 Å². The Kier molecular flexibility index (Phi) is 2.83. The van der Waals surface area contributed by atoms with Crippen molar-refractivity contribution in [2.75, 3.05) is 13.1 Å². The van der Waals surface area contributed by atoms with Crippen molar-refractivity contribution in [2.24, 2.45) is 5.92 Å². The highest BCUT2D eigenvalue weighted by Gasteiger charge is 2.33. The number of fused-ring (bicyclic) bond motifs is 1. The van der Waals surface area contributed by atoms with Crippen molar-refractivity contribution in [3.63, 3.8) is 0 Å². The van der Waals surface area contributed by atoms with Crippen molar-refractivity contribution in [1.29, 1.82) is 0 Å². The van der Waals surface area contributed by atoms with Gasteiger partial charge in [0.2, 0.25) is 5.69 Å². The Morgan fingerprint density at radius 3 is 2.82 bits per heavy atom. The summed E-state index contributed by atoms with van der Waals surface area (Å²) < 4.78 is 1.41. The molecule has 0 bridgehead atoms. The molecule has 0 fully saturated rings. The first-order valence-electron chi connectivity index (χ1n) is 5.50. The maximum atomic E-state index is 12.1. The van der Waals surface area contributed by atoms with Gasteiger partial charge in [-0.15, -0.1) is 0 Å². The van der Waals surface area contributed by atoms with Crippen molar-refractivity contribution in [2.45, 2.75) is 20.4 Å². The maximum Gasteiger partial charge on any atom is 0.320 e. The van der Waals surface area contributed by atoms with Crippen molar-refractivity contribution in [3.05, 3.63) is 22.0 Å². The first-order valence-corrected chi connectivity index (χ1v) is 5.50. The van der Waals surface area contributed by atoms with Gasteiger partial charge in [0, 0.05) is 13.1 Å². The van der Waals surface area contributed by atoms with Gasteiger partial charge in [-0.2, -0.15) is 5.10 Å². The SMILES string of the molecule is CC(C)CN1CCn2ncc([N+](=O)[O-])c2C1=O. The summed E-state index contributed by atoms with van der Waals surface area (Å²) in [6, 6.07) is 0. The lowest BCUT2D eigenvalue weighted by atomic mass is 10.1. The molecule has 1 amide bonds. The molecule has 0 aromatic carbocycles. The van der Waals surface area contributed by atoms with Crippen LogP contribution in [-0.4, -0.2) is 38.6 Å². The number of aromatic nitrogens is 2. The van der Waals surface area contributed by atoms with Crippen LogP contribution in [0.15, 0.2) is 6.20 Å². The first kappa shape index (κ1) is 11.6. The van der Waals surface area contributed by atoms with E-state index < -0.39 is 4.92 Å². The number of hydrogen-bond donors (Lipinski definition) is 0. The van der Waals surface area contributed by atoms with Crippen LogP contribution < -0.4 is 0 Å². The average Bonchev–Trinajstić information content (AvgIpc) is 2.66. The Labute approximate surface area is 98.2 Å². The van der Waals surface area contributed by atoms with E-state index in [9.17, 15) is 14.9 Å². The van der Waals surface area contributed by atoms with Gasteiger partial charge in [-0.3, -0.25) is 19.6 Å². The minimum Gasteiger partial charge on any atom is -0.335 e. The highest BCUT2D eigenvalue weighted by atomic mass is 16.6. The van der Waals surface area contributed by atoms with Crippen LogP contribution in [0.3, 0.4) is 0 Å². The van der Waals surface area contributed by atoms with Gasteiger partial charge in [0.15, 0.2) is 0 Å². The lowest BCUT2D eigenvalue weighted by Crippen LogP contribution is -2.42. The van der Waals surface area contributed by atoms with E-state index in [1.165, 1.54) is 4.68 Å². The van der Waals surface area contributed by atoms with Crippen molar-refractivity contribution in [1.82, 2.24) is 14.7 Å². The number of nitro groups is 1. The van der Waals surface area contributed by atoms with Gasteiger partial charge in [0.1, 0.15) is 6.20 Å². The molecule has 0 unspecified atom stereocenters. The number of nitrogens with zero attached hydrogens (tertiary/aromatic N) is 4. The second kappa shape index (κ2) is 4.15. The van der Waals surface area contributed by atoms with Crippen LogP contribution in [0, 0.1) is 16.0 Å². The number of hydrogen-bond acceptors (Lipinski definition) is 4. The van der Waals surface area contributed by atoms with Crippen molar-refractivity contribution in [3.8, 4) is 0 Å². The Morgan fingerprint density at radius 1 is 1.53 bits per heavy atom. The van der Waals surface area contributed by atoms with E-state index in [1.807, 2.05) is 13.8 Å². The molecule has 0 N–H and O–H groups in total. The average molecular weight is 238 g/mol. The summed E-state index contributed by atoms with van der Waals surface area (Å²) in [5.74, 6) is 0.0432. The topological polar surface area (TPSA) is 81.3 Å². The summed E-state index contributed by atoms with van der Waals surface area (Å²) in [5, 5.41) is 14.7. The lowest BCUT2D eigenvalue weighted by molar-refractivity contribution is -0.385. The second-order valence-corrected chi connectivity index (χ2v) is 4.50. The van der Waals surface area contributed by atoms with Crippen molar-refractivity contribution < 1.29 is 9.72 Å². The molecule has 17 heavy (non-hydrogen) atoms. The minimum atomic E-state index is -0.560. The van der Waals surface area contributed by atoms with E-state index in [2.05, 4.69) is 5.10 Å². The van der Waals surface area contributed by atoms with Crippen LogP contribution in [0.1, 0.15) is 24.3 Å². The zero-order valence-electron chi connectivity index (χ0n) is 9.79. The molecule has 0 radical (unpaired) electrons. The third-order valence-electron chi connectivity index (χ3n) is 2.67. The van der Waals surface area contributed by atoms with Crippen molar-refractivity contribution >= 4 is 11.6 Å². The second-order valence-electron chi connectivity index (χ2n) is 4.50. The van der Waals surface area contributed by atoms with Crippen LogP contribution in [-0.2, 0) is 6.54 Å². The Morgan fingerprint density at radius 2 is 2.24 bits per heavy atom. The molecule has 0 saturated carbocycles. The summed E-state index contributed by atoms with van der Waals surface area (Å²) in [5.41, 5.74) is -0.106. The molecular weight excluding hydrogens is 224 g/mol. The van der Waals surface area contributed by atoms with E-state index in [-0.39, 0.29) is 17.3 Å². The van der Waals surface area contributed by atoms with Gasteiger partial charge in [-0.05, 0) is 5.92 Å². The van der Waals surface area contributed by atoms with Crippen LogP contribution in [0.25, 0.3) is 0 Å². The predicted octanol–water partition coefficient (Wildman–Crippen LogP) is 0.903. The maximum absolute atomic E-state index is 12.1. The highest BCUT2D eigenvalue weighted by Crippen LogP contribution is 2.23. The van der Waals surface area contributed by atoms with Gasteiger partial charge in [0.05, 0.1) is 11.5 Å². The smallest absolute Gasteiger partial charge is 0.320 e. The summed E-state index contributed by atoms with van der Waals surface area (Å²) in [6.07, 6.45) is 1.14. The number of rotatable bonds is 3. The molecule has 1 aliphatic rings. The van der Waals surface area contributed by atoms with E-state index in [1.54, 1.807) is 4.90 Å². The molecule has 0 spiro atoms. The molecule has 2 heterocycles. The zero-order valence-corrected chi connectivity index (χ0v) is 9.79. The fraction of sp³-hybridized carbons (Fsp3) is 0.600. The molecule has 1 aromatic rings. The minimum absolute atomic E-state index is 0.0990. The first-order chi connectivity index (χ1) is 8.00. The van der Waals surface area contributed by atoms with Gasteiger partial charge in [-0.1, -0.05) is 13.8 Å². The molecule has 92 valence electrons. The number of carbonyl (C=O) groups is 1. The molecule has 1 aliphatic heterocycles. The van der Waals surface area contributed by atoms with E-state index in [4.69, 9.17) is 0 Å². The van der Waals surface area contributed by atoms with Gasteiger partial charge < -0.3 is 4.90 Å². The predicted molar refractivity (Wildman–Crippen MR) is 59.6 cm³/mol. The molecule has 0 atom stereocenters. The van der Waals surface area contributed by atoms with Crippen LogP contribution >= 0.6 is 0 Å². The monoisotopic (exact) mass is 238 g/mol. The zero-order chi connectivity index (χ0) is 12.6. The third kappa shape index (κ3) is 2.00. The molecule has 7 nitrogen and oxygen atoms in total. The normalized spacial score (nSPS) is 15.2. The van der Waals surface area contributed by atoms with E-state index >= 15 is 0 Å². The lowest BCUT2D eigenvalue weighted by Gasteiger charge is -2.28. The van der Waals surface area contributed by atoms with Gasteiger partial charge in [-0.25, -0.2) is 0 Å². The highest BCUT2D eigenvalue weighted by molar-refractivity contribution is 5.97. The third-order valence-corrected chi connectivity index (χ3v) is 2.67. The van der Waals surface area contributed by atoms with Gasteiger partial charge in [0.25, 0.3) is 5.91 Å². The molecular formula is C10H14N4O3. The molecule has 2 rings (SSSR count). The quantitative estimate of drug-likeness (QED) is 0.578. The molecule has 0 aliphatic carbocycles. The summed E-state index contributed by atoms with van der Waals surface area (Å²) >= 11 is 0. The Hall–Kier alpha value is -1.92. The van der Waals surface area contributed by atoms with E-state index in [0.717, 1.165) is 6.20 Å². The van der Waals surface area contributed by atoms with Crippen LogP contribution in [0.4, 0.5) is 5.69 Å². The summed E-state index contributed by atoms with van der Waals surface area (Å²) in [4.78, 5) is 24.0. The van der Waals surface area contributed by atoms with Crippen LogP contribution in [0.2, 0.25) is 0 Å². The molecule has 0 saturated heterocycles. The summed E-state index contributed by atoms with van der Waals surface area (Å²) in [6.45, 7) is 5.70. The Balaban J connectivity index is 2.33. The summed E-state index contributed by atoms with van der Waals surface area (Å²) in [7, 11) is 0. The fourth-order valence-electron chi connectivity index (χ4n) is 1.98. The number of carbonyl (C=O) groups excluding carboxylic acids is 1.